The van der Waals surface area contributed by atoms with Crippen LogP contribution in [0.2, 0.25) is 0 Å². The topological polar surface area (TPSA) is 89.7 Å². The van der Waals surface area contributed by atoms with E-state index in [1.165, 1.54) is 7.11 Å². The predicted molar refractivity (Wildman–Crippen MR) is 103 cm³/mol. The van der Waals surface area contributed by atoms with E-state index in [0.29, 0.717) is 35.8 Å². The maximum Gasteiger partial charge on any atom is 0.340 e. The number of aromatic amines is 1. The van der Waals surface area contributed by atoms with Crippen LogP contribution < -0.4 is 14.8 Å². The van der Waals surface area contributed by atoms with Crippen molar-refractivity contribution < 1.29 is 23.8 Å². The number of H-pyrrole nitrogens is 1. The Morgan fingerprint density at radius 3 is 2.52 bits per heavy atom. The Kier molecular flexibility index (Phi) is 6.87. The summed E-state index contributed by atoms with van der Waals surface area (Å²) in [7, 11) is 3.10. The summed E-state index contributed by atoms with van der Waals surface area (Å²) < 4.78 is 15.5. The number of benzene rings is 1. The number of carbonyl (C=O) groups is 2. The lowest BCUT2D eigenvalue weighted by atomic mass is 10.1. The Balaban J connectivity index is 2.04. The zero-order valence-electron chi connectivity index (χ0n) is 16.4. The molecule has 7 heteroatoms. The van der Waals surface area contributed by atoms with Crippen LogP contribution in [0.3, 0.4) is 0 Å². The van der Waals surface area contributed by atoms with Crippen LogP contribution in [-0.2, 0) is 16.0 Å². The van der Waals surface area contributed by atoms with Crippen molar-refractivity contribution in [1.82, 2.24) is 4.98 Å². The van der Waals surface area contributed by atoms with Gasteiger partial charge in [0.15, 0.2) is 0 Å². The SMILES string of the molecule is CCOC(=O)c1c(C)[nH]c(CCC(=O)Nc2ccc(OC)cc2OC)c1C. The number of hydrogen-bond acceptors (Lipinski definition) is 5. The molecule has 27 heavy (non-hydrogen) atoms. The maximum atomic E-state index is 12.3. The number of anilines is 1. The van der Waals surface area contributed by atoms with Gasteiger partial charge in [0.05, 0.1) is 32.1 Å². The summed E-state index contributed by atoms with van der Waals surface area (Å²) in [4.78, 5) is 27.6. The standard InChI is InChI=1S/C20H26N2O5/c1-6-27-20(24)19-12(2)15(21-13(19)3)9-10-18(23)22-16-8-7-14(25-4)11-17(16)26-5/h7-8,11,21H,6,9-10H2,1-5H3,(H,22,23). The predicted octanol–water partition coefficient (Wildman–Crippen LogP) is 3.40. The number of esters is 1. The molecule has 0 saturated carbocycles. The fourth-order valence-electron chi connectivity index (χ4n) is 2.93. The first-order valence-electron chi connectivity index (χ1n) is 8.78. The molecule has 146 valence electrons. The van der Waals surface area contributed by atoms with Crippen LogP contribution in [0.1, 0.15) is 40.7 Å². The van der Waals surface area contributed by atoms with Crippen molar-refractivity contribution in [3.8, 4) is 11.5 Å². The molecule has 2 N–H and O–H groups in total. The molecule has 0 spiro atoms. The monoisotopic (exact) mass is 374 g/mol. The third kappa shape index (κ3) is 4.81. The lowest BCUT2D eigenvalue weighted by Crippen LogP contribution is -2.13. The maximum absolute atomic E-state index is 12.3. The Morgan fingerprint density at radius 2 is 1.89 bits per heavy atom. The van der Waals surface area contributed by atoms with Crippen molar-refractivity contribution in [2.75, 3.05) is 26.1 Å². The molecular weight excluding hydrogens is 348 g/mol. The fraction of sp³-hybridized carbons (Fsp3) is 0.400. The average molecular weight is 374 g/mol. The first-order chi connectivity index (χ1) is 12.9. The first-order valence-corrected chi connectivity index (χ1v) is 8.78. The minimum Gasteiger partial charge on any atom is -0.497 e. The van der Waals surface area contributed by atoms with E-state index in [0.717, 1.165) is 17.0 Å². The van der Waals surface area contributed by atoms with Gasteiger partial charge in [0, 0.05) is 23.9 Å². The molecule has 0 saturated heterocycles. The van der Waals surface area contributed by atoms with Crippen LogP contribution in [0.4, 0.5) is 5.69 Å². The van der Waals surface area contributed by atoms with Crippen molar-refractivity contribution in [3.63, 3.8) is 0 Å². The van der Waals surface area contributed by atoms with Crippen molar-refractivity contribution in [2.24, 2.45) is 0 Å². The highest BCUT2D eigenvalue weighted by atomic mass is 16.5. The van der Waals surface area contributed by atoms with E-state index in [1.807, 2.05) is 13.8 Å². The number of carbonyl (C=O) groups excluding carboxylic acids is 2. The highest BCUT2D eigenvalue weighted by Gasteiger charge is 2.19. The van der Waals surface area contributed by atoms with E-state index in [4.69, 9.17) is 14.2 Å². The molecule has 1 heterocycles. The summed E-state index contributed by atoms with van der Waals surface area (Å²) in [5.74, 6) is 0.679. The Morgan fingerprint density at radius 1 is 1.15 bits per heavy atom. The number of rotatable bonds is 8. The van der Waals surface area contributed by atoms with Crippen molar-refractivity contribution in [3.05, 3.63) is 40.7 Å². The molecule has 1 aromatic heterocycles. The van der Waals surface area contributed by atoms with Crippen molar-refractivity contribution >= 4 is 17.6 Å². The summed E-state index contributed by atoms with van der Waals surface area (Å²) in [6.45, 7) is 5.78. The number of hydrogen-bond donors (Lipinski definition) is 2. The summed E-state index contributed by atoms with van der Waals surface area (Å²) in [6, 6.07) is 5.19. The van der Waals surface area contributed by atoms with E-state index >= 15 is 0 Å². The molecule has 1 amide bonds. The summed E-state index contributed by atoms with van der Waals surface area (Å²) in [5, 5.41) is 2.84. The minimum atomic E-state index is -0.345. The molecule has 0 bridgehead atoms. The molecule has 7 nitrogen and oxygen atoms in total. The normalized spacial score (nSPS) is 10.4. The third-order valence-electron chi connectivity index (χ3n) is 4.31. The number of aryl methyl sites for hydroxylation is 2. The number of methoxy groups -OCH3 is 2. The van der Waals surface area contributed by atoms with E-state index < -0.39 is 0 Å². The van der Waals surface area contributed by atoms with Crippen molar-refractivity contribution in [1.29, 1.82) is 0 Å². The second kappa shape index (κ2) is 9.12. The molecule has 0 unspecified atom stereocenters. The molecular formula is C20H26N2O5. The van der Waals surface area contributed by atoms with Crippen molar-refractivity contribution in [2.45, 2.75) is 33.6 Å². The molecule has 1 aromatic carbocycles. The Hall–Kier alpha value is -2.96. The average Bonchev–Trinajstić information content (AvgIpc) is 2.94. The van der Waals surface area contributed by atoms with Gasteiger partial charge in [-0.3, -0.25) is 4.79 Å². The molecule has 0 aliphatic rings. The zero-order chi connectivity index (χ0) is 20.0. The van der Waals surface area contributed by atoms with Gasteiger partial charge in [-0.15, -0.1) is 0 Å². The lowest BCUT2D eigenvalue weighted by molar-refractivity contribution is -0.116. The van der Waals surface area contributed by atoms with Gasteiger partial charge in [0.2, 0.25) is 5.91 Å². The molecule has 0 radical (unpaired) electrons. The smallest absolute Gasteiger partial charge is 0.340 e. The molecule has 0 aliphatic carbocycles. The molecule has 0 atom stereocenters. The fourth-order valence-corrected chi connectivity index (χ4v) is 2.93. The quantitative estimate of drug-likeness (QED) is 0.691. The summed E-state index contributed by atoms with van der Waals surface area (Å²) in [5.41, 5.74) is 3.55. The van der Waals surface area contributed by atoms with Gasteiger partial charge < -0.3 is 24.5 Å². The third-order valence-corrected chi connectivity index (χ3v) is 4.31. The Labute approximate surface area is 159 Å². The second-order valence-electron chi connectivity index (χ2n) is 6.06. The summed E-state index contributed by atoms with van der Waals surface area (Å²) in [6.07, 6.45) is 0.745. The number of amides is 1. The minimum absolute atomic E-state index is 0.150. The largest absolute Gasteiger partial charge is 0.497 e. The number of ether oxygens (including phenoxy) is 3. The molecule has 2 rings (SSSR count). The Bertz CT molecular complexity index is 826. The van der Waals surface area contributed by atoms with E-state index in [2.05, 4.69) is 10.3 Å². The second-order valence-corrected chi connectivity index (χ2v) is 6.06. The van der Waals surface area contributed by atoms with Gasteiger partial charge in [0.25, 0.3) is 0 Å². The van der Waals surface area contributed by atoms with Crippen LogP contribution in [0.25, 0.3) is 0 Å². The number of aromatic nitrogens is 1. The van der Waals surface area contributed by atoms with Gasteiger partial charge in [-0.25, -0.2) is 4.79 Å². The van der Waals surface area contributed by atoms with Gasteiger partial charge in [-0.2, -0.15) is 0 Å². The van der Waals surface area contributed by atoms with Crippen LogP contribution in [-0.4, -0.2) is 37.7 Å². The lowest BCUT2D eigenvalue weighted by Gasteiger charge is -2.11. The highest BCUT2D eigenvalue weighted by molar-refractivity contribution is 5.94. The molecule has 2 aromatic rings. The van der Waals surface area contributed by atoms with Gasteiger partial charge in [-0.05, 0) is 44.9 Å². The molecule has 0 aliphatic heterocycles. The highest BCUT2D eigenvalue weighted by Crippen LogP contribution is 2.29. The zero-order valence-corrected chi connectivity index (χ0v) is 16.4. The van der Waals surface area contributed by atoms with E-state index in [9.17, 15) is 9.59 Å². The number of nitrogens with one attached hydrogen (secondary N) is 2. The van der Waals surface area contributed by atoms with Crippen LogP contribution >= 0.6 is 0 Å². The summed E-state index contributed by atoms with van der Waals surface area (Å²) >= 11 is 0. The molecule has 0 fully saturated rings. The van der Waals surface area contributed by atoms with Crippen LogP contribution in [0.5, 0.6) is 11.5 Å². The first kappa shape index (κ1) is 20.4. The van der Waals surface area contributed by atoms with Gasteiger partial charge >= 0.3 is 5.97 Å². The van der Waals surface area contributed by atoms with Crippen LogP contribution in [0, 0.1) is 13.8 Å². The van der Waals surface area contributed by atoms with Gasteiger partial charge in [-0.1, -0.05) is 0 Å². The van der Waals surface area contributed by atoms with Crippen LogP contribution in [0.15, 0.2) is 18.2 Å². The van der Waals surface area contributed by atoms with E-state index in [-0.39, 0.29) is 18.3 Å². The van der Waals surface area contributed by atoms with Gasteiger partial charge in [0.1, 0.15) is 11.5 Å². The van der Waals surface area contributed by atoms with E-state index in [1.54, 1.807) is 32.2 Å².